The smallest absolute Gasteiger partial charge is 0.358 e. The Morgan fingerprint density at radius 2 is 1.85 bits per heavy atom. The van der Waals surface area contributed by atoms with E-state index >= 15 is 0 Å². The molecular weight excluding hydrogens is 290 g/mol. The lowest BCUT2D eigenvalue weighted by atomic mass is 10.4. The fraction of sp³-hybridized carbons (Fsp3) is 0.300. The van der Waals surface area contributed by atoms with Gasteiger partial charge in [-0.2, -0.15) is 4.68 Å². The Hall–Kier alpha value is -2.42. The van der Waals surface area contributed by atoms with Gasteiger partial charge in [-0.3, -0.25) is 15.0 Å². The summed E-state index contributed by atoms with van der Waals surface area (Å²) in [5.74, 6) is -1.49. The van der Waals surface area contributed by atoms with Gasteiger partial charge in [0.05, 0.1) is 0 Å². The Morgan fingerprint density at radius 1 is 1.25 bits per heavy atom. The Morgan fingerprint density at radius 3 is 2.30 bits per heavy atom. The normalized spacial score (nSPS) is 11.0. The third-order valence-corrected chi connectivity index (χ3v) is 2.50. The molecule has 0 aromatic carbocycles. The topological polar surface area (TPSA) is 126 Å². The van der Waals surface area contributed by atoms with E-state index in [0.29, 0.717) is 4.68 Å². The van der Waals surface area contributed by atoms with Gasteiger partial charge in [0.2, 0.25) is 0 Å². The molecule has 0 aliphatic heterocycles. The van der Waals surface area contributed by atoms with E-state index in [0.717, 1.165) is 0 Å². The van der Waals surface area contributed by atoms with Crippen molar-refractivity contribution < 1.29 is 9.90 Å². The van der Waals surface area contributed by atoms with Crippen molar-refractivity contribution in [3.05, 3.63) is 31.6 Å². The molecular formula is C10H10ClN5O4. The SMILES string of the molecule is CC(C)Nc1nc(Nn2c(=O)c2=O)c(C(=O)O)nc1Cl. The molecule has 2 aromatic heterocycles. The van der Waals surface area contributed by atoms with Crippen LogP contribution in [0.1, 0.15) is 24.3 Å². The predicted molar refractivity (Wildman–Crippen MR) is 71.1 cm³/mol. The van der Waals surface area contributed by atoms with E-state index in [4.69, 9.17) is 16.7 Å². The molecule has 0 aliphatic rings. The maximum absolute atomic E-state index is 11.1. The van der Waals surface area contributed by atoms with Crippen LogP contribution in [0.25, 0.3) is 0 Å². The molecule has 0 aliphatic carbocycles. The molecule has 0 saturated heterocycles. The molecule has 2 aromatic rings. The van der Waals surface area contributed by atoms with Crippen molar-refractivity contribution in [3.63, 3.8) is 0 Å². The third kappa shape index (κ3) is 2.62. The van der Waals surface area contributed by atoms with Crippen LogP contribution in [0, 0.1) is 0 Å². The van der Waals surface area contributed by atoms with Gasteiger partial charge < -0.3 is 10.4 Å². The second-order valence-corrected chi connectivity index (χ2v) is 4.58. The van der Waals surface area contributed by atoms with E-state index in [1.807, 2.05) is 13.8 Å². The van der Waals surface area contributed by atoms with Gasteiger partial charge >= 0.3 is 17.1 Å². The van der Waals surface area contributed by atoms with E-state index in [-0.39, 0.29) is 22.8 Å². The minimum Gasteiger partial charge on any atom is -0.476 e. The molecule has 0 spiro atoms. The molecule has 20 heavy (non-hydrogen) atoms. The number of aromatic nitrogens is 3. The van der Waals surface area contributed by atoms with Crippen LogP contribution in [-0.2, 0) is 0 Å². The monoisotopic (exact) mass is 299 g/mol. The average molecular weight is 300 g/mol. The number of carbonyl (C=O) groups is 1. The number of carboxylic acids is 1. The molecule has 0 fully saturated rings. The first-order valence-corrected chi connectivity index (χ1v) is 5.91. The van der Waals surface area contributed by atoms with Crippen LogP contribution in [0.5, 0.6) is 0 Å². The molecule has 0 atom stereocenters. The van der Waals surface area contributed by atoms with Crippen molar-refractivity contribution in [2.75, 3.05) is 10.7 Å². The lowest BCUT2D eigenvalue weighted by Gasteiger charge is -2.13. The molecule has 0 bridgehead atoms. The minimum atomic E-state index is -1.39. The second-order valence-electron chi connectivity index (χ2n) is 4.22. The van der Waals surface area contributed by atoms with Crippen LogP contribution in [0.15, 0.2) is 9.59 Å². The summed E-state index contributed by atoms with van der Waals surface area (Å²) in [6.45, 7) is 3.65. The summed E-state index contributed by atoms with van der Waals surface area (Å²) in [4.78, 5) is 40.5. The number of hydrogen-bond donors (Lipinski definition) is 3. The summed E-state index contributed by atoms with van der Waals surface area (Å²) < 4.78 is 0.628. The first kappa shape index (κ1) is 14.0. The second kappa shape index (κ2) is 4.93. The molecule has 0 amide bonds. The van der Waals surface area contributed by atoms with Gasteiger partial charge in [0, 0.05) is 6.04 Å². The first-order valence-electron chi connectivity index (χ1n) is 5.53. The van der Waals surface area contributed by atoms with E-state index in [1.54, 1.807) is 0 Å². The van der Waals surface area contributed by atoms with Crippen molar-refractivity contribution >= 4 is 29.2 Å². The van der Waals surface area contributed by atoms with Gasteiger partial charge in [0.1, 0.15) is 0 Å². The number of aromatic carboxylic acids is 1. The highest BCUT2D eigenvalue weighted by molar-refractivity contribution is 6.32. The van der Waals surface area contributed by atoms with Gasteiger partial charge in [-0.1, -0.05) is 11.6 Å². The van der Waals surface area contributed by atoms with Crippen molar-refractivity contribution in [2.24, 2.45) is 0 Å². The summed E-state index contributed by atoms with van der Waals surface area (Å²) in [6, 6.07) is -0.0187. The highest BCUT2D eigenvalue weighted by atomic mass is 35.5. The summed E-state index contributed by atoms with van der Waals surface area (Å²) in [5.41, 5.74) is 0.236. The van der Waals surface area contributed by atoms with Gasteiger partial charge in [0.15, 0.2) is 22.5 Å². The number of rotatable bonds is 5. The summed E-state index contributed by atoms with van der Waals surface area (Å²) in [6.07, 6.45) is 0. The highest BCUT2D eigenvalue weighted by Crippen LogP contribution is 2.22. The van der Waals surface area contributed by atoms with E-state index in [1.165, 1.54) is 0 Å². The Bertz CT molecular complexity index is 721. The molecule has 0 unspecified atom stereocenters. The van der Waals surface area contributed by atoms with Crippen LogP contribution in [0.4, 0.5) is 11.6 Å². The summed E-state index contributed by atoms with van der Waals surface area (Å²) >= 11 is 5.82. The number of nitrogens with one attached hydrogen (secondary N) is 2. The maximum atomic E-state index is 11.1. The Labute approximate surface area is 116 Å². The van der Waals surface area contributed by atoms with Crippen molar-refractivity contribution in [3.8, 4) is 0 Å². The number of carboxylic acid groups (broad SMARTS) is 1. The zero-order valence-electron chi connectivity index (χ0n) is 10.5. The van der Waals surface area contributed by atoms with Crippen LogP contribution in [-0.4, -0.2) is 31.8 Å². The third-order valence-electron chi connectivity index (χ3n) is 2.24. The number of halogens is 1. The number of hydrogen-bond acceptors (Lipinski definition) is 7. The van der Waals surface area contributed by atoms with Gasteiger partial charge in [-0.25, -0.2) is 14.8 Å². The minimum absolute atomic E-state index is 0.0187. The zero-order valence-corrected chi connectivity index (χ0v) is 11.2. The zero-order chi connectivity index (χ0) is 15.0. The van der Waals surface area contributed by atoms with Crippen molar-refractivity contribution in [1.29, 1.82) is 0 Å². The lowest BCUT2D eigenvalue weighted by molar-refractivity contribution is 0.0691. The van der Waals surface area contributed by atoms with Crippen LogP contribution < -0.4 is 21.9 Å². The predicted octanol–water partition coefficient (Wildman–Crippen LogP) is -0.0788. The van der Waals surface area contributed by atoms with Crippen molar-refractivity contribution in [1.82, 2.24) is 14.6 Å². The standard InChI is InChI=1S/C10H10ClN5O4/c1-3(2)12-7-5(11)13-4(10(19)20)6(14-7)15-16-8(17)9(16)18/h3H,1-2H3,(H,19,20)(H2,12,14,15). The van der Waals surface area contributed by atoms with Crippen LogP contribution in [0.3, 0.4) is 0 Å². The number of nitrogens with zero attached hydrogens (tertiary/aromatic N) is 3. The maximum Gasteiger partial charge on any atom is 0.358 e. The fourth-order valence-electron chi connectivity index (χ4n) is 1.35. The molecule has 3 N–H and O–H groups in total. The van der Waals surface area contributed by atoms with Gasteiger partial charge in [0.25, 0.3) is 0 Å². The first-order chi connectivity index (χ1) is 9.31. The molecule has 10 heteroatoms. The van der Waals surface area contributed by atoms with E-state index in [2.05, 4.69) is 20.7 Å². The molecule has 106 valence electrons. The fourth-order valence-corrected chi connectivity index (χ4v) is 1.53. The van der Waals surface area contributed by atoms with Crippen molar-refractivity contribution in [2.45, 2.75) is 19.9 Å². The summed E-state index contributed by atoms with van der Waals surface area (Å²) in [5, 5.41) is 11.8. The lowest BCUT2D eigenvalue weighted by Crippen LogP contribution is -2.18. The molecule has 9 nitrogen and oxygen atoms in total. The van der Waals surface area contributed by atoms with E-state index < -0.39 is 22.8 Å². The quantitative estimate of drug-likeness (QED) is 0.654. The molecule has 2 heterocycles. The van der Waals surface area contributed by atoms with Crippen LogP contribution in [0.2, 0.25) is 5.15 Å². The Balaban J connectivity index is 2.45. The van der Waals surface area contributed by atoms with E-state index in [9.17, 15) is 14.4 Å². The average Bonchev–Trinajstić information content (AvgIpc) is 2.90. The number of anilines is 2. The Kier molecular flexibility index (Phi) is 3.45. The van der Waals surface area contributed by atoms with Gasteiger partial charge in [-0.15, -0.1) is 0 Å². The van der Waals surface area contributed by atoms with Crippen LogP contribution >= 0.6 is 11.6 Å². The molecule has 0 saturated carbocycles. The summed E-state index contributed by atoms with van der Waals surface area (Å²) in [7, 11) is 0. The van der Waals surface area contributed by atoms with Gasteiger partial charge in [-0.05, 0) is 13.8 Å². The highest BCUT2D eigenvalue weighted by Gasteiger charge is 2.23. The molecule has 0 radical (unpaired) electrons. The molecule has 2 rings (SSSR count). The largest absolute Gasteiger partial charge is 0.476 e.